The second-order valence-electron chi connectivity index (χ2n) is 4.30. The molecule has 5 nitrogen and oxygen atoms in total. The maximum atomic E-state index is 12.1. The molecular formula is C14H21F2N3O2. The van der Waals surface area contributed by atoms with Crippen LogP contribution < -0.4 is 5.32 Å². The first-order chi connectivity index (χ1) is 10.1. The molecule has 1 aromatic heterocycles. The van der Waals surface area contributed by atoms with Crippen molar-refractivity contribution in [2.24, 2.45) is 0 Å². The highest BCUT2D eigenvalue weighted by Crippen LogP contribution is 2.10. The van der Waals surface area contributed by atoms with Crippen LogP contribution in [0.25, 0.3) is 0 Å². The van der Waals surface area contributed by atoms with Crippen LogP contribution in [-0.2, 0) is 4.74 Å². The zero-order chi connectivity index (χ0) is 15.7. The van der Waals surface area contributed by atoms with E-state index < -0.39 is 13.0 Å². The highest BCUT2D eigenvalue weighted by atomic mass is 19.3. The summed E-state index contributed by atoms with van der Waals surface area (Å²) in [5.41, 5.74) is 1.07. The molecule has 1 rings (SSSR count). The van der Waals surface area contributed by atoms with Gasteiger partial charge in [-0.2, -0.15) is 0 Å². The smallest absolute Gasteiger partial charge is 0.272 e. The van der Waals surface area contributed by atoms with Gasteiger partial charge in [-0.15, -0.1) is 0 Å². The Labute approximate surface area is 123 Å². The average Bonchev–Trinajstić information content (AvgIpc) is 2.48. The standard InChI is InChI=1S/C14H21F2N3O2/c1-3-19(4-2)14(20)12-9-11(5-6-18-12)17-7-8-21-10-13(15)16/h5-6,9,13H,3-4,7-8,10H2,1-2H3,(H,17,18). The van der Waals surface area contributed by atoms with Gasteiger partial charge in [-0.1, -0.05) is 0 Å². The first-order valence-corrected chi connectivity index (χ1v) is 6.93. The number of ether oxygens (including phenoxy) is 1. The number of nitrogens with one attached hydrogen (secondary N) is 1. The summed E-state index contributed by atoms with van der Waals surface area (Å²) in [6.07, 6.45) is -0.914. The molecule has 0 unspecified atom stereocenters. The Balaban J connectivity index is 2.50. The first-order valence-electron chi connectivity index (χ1n) is 6.93. The van der Waals surface area contributed by atoms with Gasteiger partial charge in [-0.25, -0.2) is 8.78 Å². The number of pyridine rings is 1. The molecule has 0 aromatic carbocycles. The zero-order valence-corrected chi connectivity index (χ0v) is 12.3. The van der Waals surface area contributed by atoms with Crippen LogP contribution in [0.15, 0.2) is 18.3 Å². The van der Waals surface area contributed by atoms with Gasteiger partial charge in [-0.3, -0.25) is 9.78 Å². The molecule has 0 aliphatic carbocycles. The summed E-state index contributed by atoms with van der Waals surface area (Å²) in [5, 5.41) is 3.01. The Morgan fingerprint density at radius 1 is 1.43 bits per heavy atom. The number of anilines is 1. The van der Waals surface area contributed by atoms with E-state index in [9.17, 15) is 13.6 Å². The predicted octanol–water partition coefficient (Wildman–Crippen LogP) is 2.26. The van der Waals surface area contributed by atoms with Crippen LogP contribution in [0.4, 0.5) is 14.5 Å². The lowest BCUT2D eigenvalue weighted by atomic mass is 10.2. The molecule has 1 N–H and O–H groups in total. The number of rotatable bonds is 9. The third kappa shape index (κ3) is 6.03. The van der Waals surface area contributed by atoms with Crippen molar-refractivity contribution >= 4 is 11.6 Å². The highest BCUT2D eigenvalue weighted by Gasteiger charge is 2.13. The van der Waals surface area contributed by atoms with Crippen LogP contribution in [-0.4, -0.2) is 55.1 Å². The third-order valence-electron chi connectivity index (χ3n) is 2.85. The van der Waals surface area contributed by atoms with Crippen molar-refractivity contribution in [1.29, 1.82) is 0 Å². The SMILES string of the molecule is CCN(CC)C(=O)c1cc(NCCOCC(F)F)ccn1. The number of halogens is 2. The third-order valence-corrected chi connectivity index (χ3v) is 2.85. The summed E-state index contributed by atoms with van der Waals surface area (Å²) >= 11 is 0. The van der Waals surface area contributed by atoms with Gasteiger partial charge in [-0.05, 0) is 26.0 Å². The van der Waals surface area contributed by atoms with Gasteiger partial charge in [0.15, 0.2) is 0 Å². The lowest BCUT2D eigenvalue weighted by Gasteiger charge is -2.18. The number of carbonyl (C=O) groups excluding carboxylic acids is 1. The second kappa shape index (κ2) is 9.23. The van der Waals surface area contributed by atoms with E-state index in [2.05, 4.69) is 10.3 Å². The van der Waals surface area contributed by atoms with Gasteiger partial charge >= 0.3 is 0 Å². The van der Waals surface area contributed by atoms with Crippen LogP contribution in [0, 0.1) is 0 Å². The van der Waals surface area contributed by atoms with Crippen molar-refractivity contribution in [2.75, 3.05) is 38.2 Å². The fraction of sp³-hybridized carbons (Fsp3) is 0.571. The van der Waals surface area contributed by atoms with Crippen molar-refractivity contribution in [3.8, 4) is 0 Å². The maximum Gasteiger partial charge on any atom is 0.272 e. The topological polar surface area (TPSA) is 54.5 Å². The van der Waals surface area contributed by atoms with Gasteiger partial charge < -0.3 is 15.0 Å². The predicted molar refractivity (Wildman–Crippen MR) is 76.8 cm³/mol. The second-order valence-corrected chi connectivity index (χ2v) is 4.30. The number of aromatic nitrogens is 1. The Bertz CT molecular complexity index is 440. The molecule has 1 aromatic rings. The van der Waals surface area contributed by atoms with Crippen LogP contribution in [0.2, 0.25) is 0 Å². The largest absolute Gasteiger partial charge is 0.383 e. The Kier molecular flexibility index (Phi) is 7.60. The van der Waals surface area contributed by atoms with Gasteiger partial charge in [0.2, 0.25) is 0 Å². The highest BCUT2D eigenvalue weighted by molar-refractivity contribution is 5.93. The van der Waals surface area contributed by atoms with Crippen LogP contribution in [0.1, 0.15) is 24.3 Å². The summed E-state index contributed by atoms with van der Waals surface area (Å²) < 4.78 is 28.5. The van der Waals surface area contributed by atoms with Crippen molar-refractivity contribution in [2.45, 2.75) is 20.3 Å². The van der Waals surface area contributed by atoms with E-state index in [1.807, 2.05) is 13.8 Å². The Hall–Kier alpha value is -1.76. The van der Waals surface area contributed by atoms with E-state index in [4.69, 9.17) is 4.74 Å². The number of carbonyl (C=O) groups is 1. The zero-order valence-electron chi connectivity index (χ0n) is 12.3. The first kappa shape index (κ1) is 17.3. The molecule has 0 bridgehead atoms. The van der Waals surface area contributed by atoms with E-state index in [1.165, 1.54) is 0 Å². The minimum atomic E-state index is -2.45. The van der Waals surface area contributed by atoms with Crippen molar-refractivity contribution in [3.05, 3.63) is 24.0 Å². The van der Waals surface area contributed by atoms with Crippen LogP contribution in [0.5, 0.6) is 0 Å². The summed E-state index contributed by atoms with van der Waals surface area (Å²) in [6.45, 7) is 5.05. The molecule has 0 radical (unpaired) electrons. The molecule has 1 amide bonds. The van der Waals surface area contributed by atoms with E-state index >= 15 is 0 Å². The van der Waals surface area contributed by atoms with Gasteiger partial charge in [0.05, 0.1) is 6.61 Å². The monoisotopic (exact) mass is 301 g/mol. The maximum absolute atomic E-state index is 12.1. The van der Waals surface area contributed by atoms with Gasteiger partial charge in [0, 0.05) is 31.5 Å². The molecule has 7 heteroatoms. The molecule has 0 fully saturated rings. The van der Waals surface area contributed by atoms with E-state index in [0.717, 1.165) is 0 Å². The van der Waals surface area contributed by atoms with Crippen LogP contribution in [0.3, 0.4) is 0 Å². The average molecular weight is 301 g/mol. The molecule has 21 heavy (non-hydrogen) atoms. The Morgan fingerprint density at radius 3 is 2.76 bits per heavy atom. The number of amides is 1. The molecule has 0 saturated heterocycles. The Morgan fingerprint density at radius 2 is 2.14 bits per heavy atom. The molecule has 0 saturated carbocycles. The van der Waals surface area contributed by atoms with Crippen LogP contribution >= 0.6 is 0 Å². The number of hydrogen-bond donors (Lipinski definition) is 1. The normalized spacial score (nSPS) is 10.7. The summed E-state index contributed by atoms with van der Waals surface area (Å²) in [5.74, 6) is -0.127. The van der Waals surface area contributed by atoms with Gasteiger partial charge in [0.25, 0.3) is 12.3 Å². The number of alkyl halides is 2. The number of nitrogens with zero attached hydrogens (tertiary/aromatic N) is 2. The molecule has 0 aliphatic heterocycles. The fourth-order valence-corrected chi connectivity index (χ4v) is 1.77. The quantitative estimate of drug-likeness (QED) is 0.711. The van der Waals surface area contributed by atoms with E-state index in [0.29, 0.717) is 31.0 Å². The lowest BCUT2D eigenvalue weighted by molar-refractivity contribution is 0.0215. The van der Waals surface area contributed by atoms with Crippen molar-refractivity contribution in [1.82, 2.24) is 9.88 Å². The molecule has 0 aliphatic rings. The van der Waals surface area contributed by atoms with Crippen molar-refractivity contribution in [3.63, 3.8) is 0 Å². The fourth-order valence-electron chi connectivity index (χ4n) is 1.77. The minimum absolute atomic E-state index is 0.127. The molecule has 118 valence electrons. The lowest BCUT2D eigenvalue weighted by Crippen LogP contribution is -2.31. The molecule has 0 atom stereocenters. The van der Waals surface area contributed by atoms with E-state index in [-0.39, 0.29) is 12.5 Å². The summed E-state index contributed by atoms with van der Waals surface area (Å²) in [7, 11) is 0. The van der Waals surface area contributed by atoms with Gasteiger partial charge in [0.1, 0.15) is 12.3 Å². The van der Waals surface area contributed by atoms with E-state index in [1.54, 1.807) is 23.2 Å². The molecule has 1 heterocycles. The number of hydrogen-bond acceptors (Lipinski definition) is 4. The minimum Gasteiger partial charge on any atom is -0.383 e. The summed E-state index contributed by atoms with van der Waals surface area (Å²) in [4.78, 5) is 17.9. The summed E-state index contributed by atoms with van der Waals surface area (Å²) in [6, 6.07) is 3.36. The van der Waals surface area contributed by atoms with Crippen molar-refractivity contribution < 1.29 is 18.3 Å². The molecule has 0 spiro atoms. The molecular weight excluding hydrogens is 280 g/mol.